The van der Waals surface area contributed by atoms with Gasteiger partial charge in [0.15, 0.2) is 0 Å². The van der Waals surface area contributed by atoms with Crippen molar-refractivity contribution >= 4 is 28.4 Å². The molecule has 0 aromatic heterocycles. The quantitative estimate of drug-likeness (QED) is 0.277. The average molecular weight is 471 g/mol. The van der Waals surface area contributed by atoms with Gasteiger partial charge in [0, 0.05) is 34.1 Å². The van der Waals surface area contributed by atoms with Gasteiger partial charge in [-0.05, 0) is 106 Å². The van der Waals surface area contributed by atoms with Crippen molar-refractivity contribution in [3.05, 3.63) is 137 Å². The van der Waals surface area contributed by atoms with Crippen LogP contribution in [0.1, 0.15) is 35.1 Å². The van der Waals surface area contributed by atoms with Crippen molar-refractivity contribution in [1.29, 1.82) is 0 Å². The maximum atomic E-state index is 2.42. The molecule has 2 nitrogen and oxygen atoms in total. The molecule has 0 amide bonds. The monoisotopic (exact) mass is 470 g/mol. The van der Waals surface area contributed by atoms with Crippen molar-refractivity contribution in [2.45, 2.75) is 40.5 Å². The highest BCUT2D eigenvalue weighted by Crippen LogP contribution is 2.40. The van der Waals surface area contributed by atoms with Crippen molar-refractivity contribution < 1.29 is 0 Å². The molecule has 0 unspecified atom stereocenters. The van der Waals surface area contributed by atoms with E-state index in [1.165, 1.54) is 45.0 Å². The average Bonchev–Trinajstić information content (AvgIpc) is 2.89. The minimum absolute atomic E-state index is 1.03. The Balaban J connectivity index is 1.59. The van der Waals surface area contributed by atoms with E-state index in [2.05, 4.69) is 147 Å². The summed E-state index contributed by atoms with van der Waals surface area (Å²) in [6, 6.07) is 33.0. The molecular weight excluding hydrogens is 436 g/mol. The third-order valence-corrected chi connectivity index (χ3v) is 6.85. The van der Waals surface area contributed by atoms with Crippen LogP contribution in [0.4, 0.5) is 28.4 Å². The molecule has 5 rings (SSSR count). The van der Waals surface area contributed by atoms with E-state index in [0.29, 0.717) is 0 Å². The molecule has 1 aliphatic carbocycles. The molecule has 0 fully saturated rings. The van der Waals surface area contributed by atoms with Gasteiger partial charge in [0.05, 0.1) is 0 Å². The first-order valence-electron chi connectivity index (χ1n) is 12.8. The van der Waals surface area contributed by atoms with Gasteiger partial charge >= 0.3 is 0 Å². The van der Waals surface area contributed by atoms with Crippen molar-refractivity contribution in [2.75, 3.05) is 9.80 Å². The molecule has 0 saturated heterocycles. The zero-order valence-corrected chi connectivity index (χ0v) is 21.7. The summed E-state index contributed by atoms with van der Waals surface area (Å²) in [5.74, 6) is 0. The van der Waals surface area contributed by atoms with Crippen LogP contribution < -0.4 is 9.80 Å². The van der Waals surface area contributed by atoms with Gasteiger partial charge in [0.2, 0.25) is 0 Å². The summed E-state index contributed by atoms with van der Waals surface area (Å²) in [5, 5.41) is 0. The highest BCUT2D eigenvalue weighted by atomic mass is 15.2. The Hall–Kier alpha value is -4.04. The molecule has 0 saturated carbocycles. The normalized spacial score (nSPS) is 12.8. The Morgan fingerprint density at radius 3 is 1.61 bits per heavy atom. The predicted molar refractivity (Wildman–Crippen MR) is 155 cm³/mol. The Bertz CT molecular complexity index is 1410. The van der Waals surface area contributed by atoms with Crippen LogP contribution in [0.3, 0.4) is 0 Å². The molecule has 0 atom stereocenters. The first-order chi connectivity index (χ1) is 17.5. The second-order valence-corrected chi connectivity index (χ2v) is 9.73. The molecule has 0 heterocycles. The number of hydrogen-bond donors (Lipinski definition) is 0. The van der Waals surface area contributed by atoms with Crippen molar-refractivity contribution in [3.63, 3.8) is 0 Å². The van der Waals surface area contributed by atoms with Crippen LogP contribution in [-0.4, -0.2) is 0 Å². The van der Waals surface area contributed by atoms with Gasteiger partial charge in [-0.15, -0.1) is 0 Å². The van der Waals surface area contributed by atoms with E-state index >= 15 is 0 Å². The molecule has 0 spiro atoms. The van der Waals surface area contributed by atoms with E-state index in [1.54, 1.807) is 0 Å². The Kier molecular flexibility index (Phi) is 6.77. The van der Waals surface area contributed by atoms with Crippen molar-refractivity contribution in [3.8, 4) is 0 Å². The van der Waals surface area contributed by atoms with Gasteiger partial charge in [-0.2, -0.15) is 0 Å². The van der Waals surface area contributed by atoms with Crippen molar-refractivity contribution in [1.82, 2.24) is 0 Å². The maximum absolute atomic E-state index is 2.42. The third kappa shape index (κ3) is 4.85. The van der Waals surface area contributed by atoms with Crippen LogP contribution in [0.5, 0.6) is 0 Å². The number of nitrogens with zero attached hydrogens (tertiary/aromatic N) is 2. The van der Waals surface area contributed by atoms with Crippen LogP contribution in [0.2, 0.25) is 0 Å². The van der Waals surface area contributed by atoms with E-state index in [4.69, 9.17) is 0 Å². The minimum atomic E-state index is 1.03. The molecule has 0 radical (unpaired) electrons. The molecule has 1 aliphatic rings. The second kappa shape index (κ2) is 10.3. The molecule has 180 valence electrons. The van der Waals surface area contributed by atoms with Gasteiger partial charge in [0.1, 0.15) is 0 Å². The number of benzene rings is 4. The van der Waals surface area contributed by atoms with E-state index in [0.717, 1.165) is 24.2 Å². The summed E-state index contributed by atoms with van der Waals surface area (Å²) >= 11 is 0. The van der Waals surface area contributed by atoms with Gasteiger partial charge < -0.3 is 9.80 Å². The predicted octanol–water partition coefficient (Wildman–Crippen LogP) is 9.76. The van der Waals surface area contributed by atoms with Crippen LogP contribution >= 0.6 is 0 Å². The van der Waals surface area contributed by atoms with E-state index in [9.17, 15) is 0 Å². The van der Waals surface area contributed by atoms with E-state index in [-0.39, 0.29) is 0 Å². The third-order valence-electron chi connectivity index (χ3n) is 6.85. The maximum Gasteiger partial charge on any atom is 0.0490 e. The van der Waals surface area contributed by atoms with Crippen LogP contribution in [-0.2, 0) is 0 Å². The molecule has 2 heteroatoms. The summed E-state index contributed by atoms with van der Waals surface area (Å²) < 4.78 is 0. The zero-order valence-electron chi connectivity index (χ0n) is 21.7. The lowest BCUT2D eigenvalue weighted by atomic mass is 10.0. The number of aryl methyl sites for hydroxylation is 4. The molecule has 4 aromatic carbocycles. The van der Waals surface area contributed by atoms with E-state index < -0.39 is 0 Å². The fraction of sp³-hybridized carbons (Fsp3) is 0.176. The van der Waals surface area contributed by atoms with Gasteiger partial charge in [-0.1, -0.05) is 65.7 Å². The van der Waals surface area contributed by atoms with Gasteiger partial charge in [0.25, 0.3) is 0 Å². The minimum Gasteiger partial charge on any atom is -0.314 e. The highest BCUT2D eigenvalue weighted by Gasteiger charge is 2.19. The SMILES string of the molecule is Cc1ccc(N(C2=CC=CCC2)c2ccc(N(c3ccccc3)c3ccc(C)cc3C)cc2)c(C)c1. The van der Waals surface area contributed by atoms with E-state index in [1.807, 2.05) is 0 Å². The first kappa shape index (κ1) is 23.7. The summed E-state index contributed by atoms with van der Waals surface area (Å²) in [7, 11) is 0. The summed E-state index contributed by atoms with van der Waals surface area (Å²) in [4.78, 5) is 4.77. The number of rotatable bonds is 6. The van der Waals surface area contributed by atoms with Gasteiger partial charge in [-0.25, -0.2) is 0 Å². The zero-order chi connectivity index (χ0) is 25.1. The smallest absolute Gasteiger partial charge is 0.0490 e. The van der Waals surface area contributed by atoms with Gasteiger partial charge in [-0.3, -0.25) is 0 Å². The molecular formula is C34H34N2. The lowest BCUT2D eigenvalue weighted by Gasteiger charge is -2.31. The molecule has 4 aromatic rings. The molecule has 0 bridgehead atoms. The number of para-hydroxylation sites is 1. The number of hydrogen-bond acceptors (Lipinski definition) is 2. The van der Waals surface area contributed by atoms with Crippen LogP contribution in [0, 0.1) is 27.7 Å². The number of allylic oxidation sites excluding steroid dienone is 4. The number of anilines is 5. The van der Waals surface area contributed by atoms with Crippen LogP contribution in [0.25, 0.3) is 0 Å². The fourth-order valence-corrected chi connectivity index (χ4v) is 5.10. The highest BCUT2D eigenvalue weighted by molar-refractivity contribution is 5.80. The first-order valence-corrected chi connectivity index (χ1v) is 12.8. The fourth-order valence-electron chi connectivity index (χ4n) is 5.10. The largest absolute Gasteiger partial charge is 0.314 e. The Labute approximate surface area is 215 Å². The molecule has 0 aliphatic heterocycles. The Morgan fingerprint density at radius 2 is 1.08 bits per heavy atom. The standard InChI is InChI=1S/C34H34N2/c1-25-15-21-33(27(3)23-25)35(29-11-7-5-8-12-29)31-17-19-32(20-18-31)36(30-13-9-6-10-14-30)34-22-16-26(2)24-28(34)4/h5-9,11-13,15-24H,10,14H2,1-4H3. The second-order valence-electron chi connectivity index (χ2n) is 9.73. The topological polar surface area (TPSA) is 6.48 Å². The van der Waals surface area contributed by atoms with Crippen LogP contribution in [0.15, 0.2) is 115 Å². The lowest BCUT2D eigenvalue weighted by Crippen LogP contribution is -2.18. The summed E-state index contributed by atoms with van der Waals surface area (Å²) in [5.41, 5.74) is 12.4. The Morgan fingerprint density at radius 1 is 0.556 bits per heavy atom. The molecule has 36 heavy (non-hydrogen) atoms. The summed E-state index contributed by atoms with van der Waals surface area (Å²) in [6.07, 6.45) is 8.78. The molecule has 0 N–H and O–H groups in total. The summed E-state index contributed by atoms with van der Waals surface area (Å²) in [6.45, 7) is 8.71. The van der Waals surface area contributed by atoms with Crippen molar-refractivity contribution in [2.24, 2.45) is 0 Å². The lowest BCUT2D eigenvalue weighted by molar-refractivity contribution is 0.915.